The Hall–Kier alpha value is -3.14. The number of carbonyl (C=O) groups is 1. The molecule has 0 unspecified atom stereocenters. The van der Waals surface area contributed by atoms with Crippen LogP contribution in [-0.4, -0.2) is 40.3 Å². The molecule has 6 nitrogen and oxygen atoms in total. The Bertz CT molecular complexity index is 1140. The van der Waals surface area contributed by atoms with E-state index in [2.05, 4.69) is 67.6 Å². The number of aromatic nitrogens is 2. The van der Waals surface area contributed by atoms with Crippen LogP contribution in [0.25, 0.3) is 0 Å². The van der Waals surface area contributed by atoms with E-state index in [0.717, 1.165) is 43.1 Å². The van der Waals surface area contributed by atoms with Gasteiger partial charge in [-0.05, 0) is 63.1 Å². The number of carboxylic acids is 1. The predicted octanol–water partition coefficient (Wildman–Crippen LogP) is 5.75. The van der Waals surface area contributed by atoms with E-state index >= 15 is 0 Å². The summed E-state index contributed by atoms with van der Waals surface area (Å²) in [6, 6.07) is 8.73. The van der Waals surface area contributed by atoms with E-state index in [0.29, 0.717) is 5.95 Å². The first kappa shape index (κ1) is 25.5. The number of anilines is 3. The van der Waals surface area contributed by atoms with Gasteiger partial charge in [-0.2, -0.15) is 18.2 Å². The number of benzene rings is 1. The van der Waals surface area contributed by atoms with E-state index in [4.69, 9.17) is 19.9 Å². The average Bonchev–Trinajstić information content (AvgIpc) is 3.39. The summed E-state index contributed by atoms with van der Waals surface area (Å²) in [5, 5.41) is 12.8. The molecule has 34 heavy (non-hydrogen) atoms. The standard InChI is InChI=1S/C22H26N4S.C2HF3O2/c1-14-12-15(2)20(16(3)13-14)24-22-23-17(4)19-8-10-26(21(19)25-22)9-7-18-6-5-11-27-18;3-2(4,5)1(6)7/h5-6,11-13H,7-10H2,1-4H3,(H,23,24,25);(H,6,7). The third-order valence-electron chi connectivity index (χ3n) is 5.49. The molecular formula is C24H27F3N4O2S. The summed E-state index contributed by atoms with van der Waals surface area (Å²) in [4.78, 5) is 22.4. The largest absolute Gasteiger partial charge is 0.490 e. The Morgan fingerprint density at radius 2 is 1.82 bits per heavy atom. The minimum atomic E-state index is -5.08. The summed E-state index contributed by atoms with van der Waals surface area (Å²) in [6.07, 6.45) is -2.98. The minimum Gasteiger partial charge on any atom is -0.475 e. The summed E-state index contributed by atoms with van der Waals surface area (Å²) >= 11 is 1.83. The molecular weight excluding hydrogens is 465 g/mol. The maximum Gasteiger partial charge on any atom is 0.490 e. The molecule has 1 aliphatic heterocycles. The Morgan fingerprint density at radius 3 is 2.38 bits per heavy atom. The molecule has 10 heteroatoms. The fraction of sp³-hybridized carbons (Fsp3) is 0.375. The van der Waals surface area contributed by atoms with Crippen LogP contribution in [0.2, 0.25) is 0 Å². The second-order valence-electron chi connectivity index (χ2n) is 8.20. The number of fused-ring (bicyclic) bond motifs is 1. The highest BCUT2D eigenvalue weighted by atomic mass is 32.1. The lowest BCUT2D eigenvalue weighted by Crippen LogP contribution is -2.24. The molecule has 0 saturated carbocycles. The molecule has 182 valence electrons. The second-order valence-corrected chi connectivity index (χ2v) is 9.24. The van der Waals surface area contributed by atoms with Gasteiger partial charge in [0, 0.05) is 34.9 Å². The highest BCUT2D eigenvalue weighted by Crippen LogP contribution is 2.31. The number of hydrogen-bond donors (Lipinski definition) is 2. The van der Waals surface area contributed by atoms with E-state index in [9.17, 15) is 13.2 Å². The van der Waals surface area contributed by atoms with E-state index in [-0.39, 0.29) is 0 Å². The molecule has 1 aromatic carbocycles. The minimum absolute atomic E-state index is 0.698. The van der Waals surface area contributed by atoms with Crippen molar-refractivity contribution in [2.75, 3.05) is 23.3 Å². The Kier molecular flexibility index (Phi) is 7.81. The fourth-order valence-electron chi connectivity index (χ4n) is 3.95. The van der Waals surface area contributed by atoms with Gasteiger partial charge in [-0.3, -0.25) is 0 Å². The number of hydrogen-bond acceptors (Lipinski definition) is 6. The van der Waals surface area contributed by atoms with Crippen molar-refractivity contribution in [1.82, 2.24) is 9.97 Å². The maximum atomic E-state index is 10.6. The molecule has 3 heterocycles. The van der Waals surface area contributed by atoms with E-state index < -0.39 is 12.1 Å². The number of nitrogens with zero attached hydrogens (tertiary/aromatic N) is 3. The number of halogens is 3. The Labute approximate surface area is 200 Å². The predicted molar refractivity (Wildman–Crippen MR) is 128 cm³/mol. The van der Waals surface area contributed by atoms with Gasteiger partial charge in [-0.15, -0.1) is 11.3 Å². The zero-order valence-corrected chi connectivity index (χ0v) is 20.3. The first-order valence-electron chi connectivity index (χ1n) is 10.8. The van der Waals surface area contributed by atoms with Crippen molar-refractivity contribution in [2.24, 2.45) is 0 Å². The van der Waals surface area contributed by atoms with Gasteiger partial charge in [0.2, 0.25) is 5.95 Å². The SMILES string of the molecule is Cc1cc(C)c(Nc2nc(C)c3c(n2)N(CCc2cccs2)CC3)c(C)c1.O=C(O)C(F)(F)F. The van der Waals surface area contributed by atoms with Gasteiger partial charge in [-0.25, -0.2) is 9.78 Å². The van der Waals surface area contributed by atoms with Crippen molar-refractivity contribution in [3.63, 3.8) is 0 Å². The van der Waals surface area contributed by atoms with Gasteiger partial charge >= 0.3 is 12.1 Å². The van der Waals surface area contributed by atoms with Crippen molar-refractivity contribution in [2.45, 2.75) is 46.7 Å². The molecule has 0 saturated heterocycles. The van der Waals surface area contributed by atoms with Crippen LogP contribution in [0.1, 0.15) is 32.8 Å². The molecule has 0 amide bonds. The molecule has 0 fully saturated rings. The molecule has 4 rings (SSSR count). The average molecular weight is 493 g/mol. The molecule has 0 atom stereocenters. The number of rotatable bonds is 5. The number of aliphatic carboxylic acids is 1. The maximum absolute atomic E-state index is 10.6. The number of alkyl halides is 3. The molecule has 3 aromatic rings. The van der Waals surface area contributed by atoms with Crippen molar-refractivity contribution < 1.29 is 23.1 Å². The molecule has 0 aliphatic carbocycles. The van der Waals surface area contributed by atoms with Crippen LogP contribution >= 0.6 is 11.3 Å². The van der Waals surface area contributed by atoms with Crippen LogP contribution in [0.5, 0.6) is 0 Å². The first-order chi connectivity index (χ1) is 16.0. The van der Waals surface area contributed by atoms with Crippen LogP contribution in [0.15, 0.2) is 29.6 Å². The summed E-state index contributed by atoms with van der Waals surface area (Å²) in [5.41, 5.74) is 7.23. The topological polar surface area (TPSA) is 78.4 Å². The van der Waals surface area contributed by atoms with Gasteiger partial charge in [0.05, 0.1) is 0 Å². The van der Waals surface area contributed by atoms with Gasteiger partial charge in [0.25, 0.3) is 0 Å². The van der Waals surface area contributed by atoms with Crippen molar-refractivity contribution in [1.29, 1.82) is 0 Å². The highest BCUT2D eigenvalue weighted by Gasteiger charge is 2.38. The van der Waals surface area contributed by atoms with Gasteiger partial charge in [0.1, 0.15) is 5.82 Å². The van der Waals surface area contributed by atoms with Crippen LogP contribution in [0.4, 0.5) is 30.6 Å². The summed E-state index contributed by atoms with van der Waals surface area (Å²) in [6.45, 7) is 10.5. The molecule has 0 spiro atoms. The van der Waals surface area contributed by atoms with Gasteiger partial charge in [0.15, 0.2) is 0 Å². The number of carboxylic acid groups (broad SMARTS) is 1. The second kappa shape index (κ2) is 10.4. The third kappa shape index (κ3) is 6.25. The lowest BCUT2D eigenvalue weighted by atomic mass is 10.1. The molecule has 1 aliphatic rings. The van der Waals surface area contributed by atoms with E-state index in [1.54, 1.807) is 0 Å². The quantitative estimate of drug-likeness (QED) is 0.472. The Morgan fingerprint density at radius 1 is 1.18 bits per heavy atom. The van der Waals surface area contributed by atoms with Crippen LogP contribution < -0.4 is 10.2 Å². The molecule has 2 aromatic heterocycles. The lowest BCUT2D eigenvalue weighted by Gasteiger charge is -2.19. The number of thiophene rings is 1. The summed E-state index contributed by atoms with van der Waals surface area (Å²) in [5.74, 6) is -0.958. The normalized spacial score (nSPS) is 12.7. The molecule has 2 N–H and O–H groups in total. The van der Waals surface area contributed by atoms with Gasteiger partial charge < -0.3 is 15.3 Å². The smallest absolute Gasteiger partial charge is 0.475 e. The third-order valence-corrected chi connectivity index (χ3v) is 6.42. The number of aryl methyl sites for hydroxylation is 4. The fourth-order valence-corrected chi connectivity index (χ4v) is 4.65. The van der Waals surface area contributed by atoms with Crippen molar-refractivity contribution in [3.8, 4) is 0 Å². The van der Waals surface area contributed by atoms with E-state index in [1.807, 2.05) is 11.3 Å². The lowest BCUT2D eigenvalue weighted by molar-refractivity contribution is -0.192. The highest BCUT2D eigenvalue weighted by molar-refractivity contribution is 7.09. The summed E-state index contributed by atoms with van der Waals surface area (Å²) in [7, 11) is 0. The Balaban J connectivity index is 0.000000406. The van der Waals surface area contributed by atoms with Crippen LogP contribution in [0, 0.1) is 27.7 Å². The number of nitrogens with one attached hydrogen (secondary N) is 1. The monoisotopic (exact) mass is 492 g/mol. The van der Waals surface area contributed by atoms with Crippen LogP contribution in [0.3, 0.4) is 0 Å². The van der Waals surface area contributed by atoms with Crippen molar-refractivity contribution >= 4 is 34.8 Å². The zero-order chi connectivity index (χ0) is 25.0. The van der Waals surface area contributed by atoms with Gasteiger partial charge in [-0.1, -0.05) is 23.8 Å². The van der Waals surface area contributed by atoms with E-state index in [1.165, 1.54) is 27.1 Å². The molecule has 0 bridgehead atoms. The van der Waals surface area contributed by atoms with Crippen molar-refractivity contribution in [3.05, 3.63) is 62.5 Å². The zero-order valence-electron chi connectivity index (χ0n) is 19.5. The molecule has 0 radical (unpaired) electrons. The van der Waals surface area contributed by atoms with Crippen LogP contribution in [-0.2, 0) is 17.6 Å². The summed E-state index contributed by atoms with van der Waals surface area (Å²) < 4.78 is 31.7. The first-order valence-corrected chi connectivity index (χ1v) is 11.6.